The molecule has 0 N–H and O–H groups in total. The van der Waals surface area contributed by atoms with Crippen molar-refractivity contribution in [1.29, 1.82) is 0 Å². The maximum absolute atomic E-state index is 13.9. The van der Waals surface area contributed by atoms with Crippen molar-refractivity contribution in [1.82, 2.24) is 0 Å². The van der Waals surface area contributed by atoms with E-state index in [9.17, 15) is 17.6 Å². The van der Waals surface area contributed by atoms with Crippen molar-refractivity contribution in [2.24, 2.45) is 46.3 Å². The SMILES string of the molecule is CC(C)CCC[C@@H](C)[C@H]1CC[C@H]2[C@@H]3CC=C4CC(OCCOc5c(F)c(F)cc(F)c5F)CC[C@]4(C)[C@H]3CC[C@]12C. The van der Waals surface area contributed by atoms with E-state index < -0.39 is 29.0 Å². The third-order valence-electron chi connectivity index (χ3n) is 12.0. The fraction of sp³-hybridized carbons (Fsp3) is 0.771. The lowest BCUT2D eigenvalue weighted by Gasteiger charge is -2.58. The Morgan fingerprint density at radius 2 is 1.61 bits per heavy atom. The molecule has 0 bridgehead atoms. The summed E-state index contributed by atoms with van der Waals surface area (Å²) >= 11 is 0. The van der Waals surface area contributed by atoms with Crippen LogP contribution in [0, 0.1) is 69.6 Å². The van der Waals surface area contributed by atoms with Crippen LogP contribution in [0.4, 0.5) is 17.6 Å². The molecule has 1 aromatic rings. The molecular formula is C35H50F4O2. The molecule has 230 valence electrons. The molecule has 5 rings (SSSR count). The predicted molar refractivity (Wildman–Crippen MR) is 155 cm³/mol. The Bertz CT molecular complexity index is 1090. The molecule has 4 aliphatic rings. The lowest BCUT2D eigenvalue weighted by molar-refractivity contribution is -0.0654. The van der Waals surface area contributed by atoms with E-state index in [1.54, 1.807) is 0 Å². The summed E-state index contributed by atoms with van der Waals surface area (Å²) in [5.74, 6) is -2.20. The van der Waals surface area contributed by atoms with Crippen LogP contribution in [-0.4, -0.2) is 19.3 Å². The molecule has 0 saturated heterocycles. The first kappa shape index (κ1) is 30.9. The van der Waals surface area contributed by atoms with Gasteiger partial charge in [0.1, 0.15) is 6.61 Å². The van der Waals surface area contributed by atoms with Gasteiger partial charge in [-0.2, -0.15) is 8.78 Å². The van der Waals surface area contributed by atoms with E-state index in [1.165, 1.54) is 56.9 Å². The number of hydrogen-bond acceptors (Lipinski definition) is 2. The van der Waals surface area contributed by atoms with Gasteiger partial charge in [-0.3, -0.25) is 0 Å². The molecule has 1 aromatic carbocycles. The molecule has 0 spiro atoms. The van der Waals surface area contributed by atoms with Crippen LogP contribution in [0.2, 0.25) is 0 Å². The van der Waals surface area contributed by atoms with E-state index in [0.29, 0.717) is 5.41 Å². The molecule has 8 atom stereocenters. The monoisotopic (exact) mass is 578 g/mol. The molecule has 2 nitrogen and oxygen atoms in total. The molecule has 41 heavy (non-hydrogen) atoms. The van der Waals surface area contributed by atoms with Gasteiger partial charge in [-0.25, -0.2) is 8.78 Å². The first-order valence-corrected chi connectivity index (χ1v) is 16.2. The summed E-state index contributed by atoms with van der Waals surface area (Å²) in [6.07, 6.45) is 16.1. The van der Waals surface area contributed by atoms with Gasteiger partial charge in [0, 0.05) is 6.07 Å². The van der Waals surface area contributed by atoms with Crippen molar-refractivity contribution in [3.05, 3.63) is 41.0 Å². The second kappa shape index (κ2) is 12.2. The van der Waals surface area contributed by atoms with Crippen molar-refractivity contribution in [3.63, 3.8) is 0 Å². The van der Waals surface area contributed by atoms with Crippen LogP contribution in [-0.2, 0) is 4.74 Å². The van der Waals surface area contributed by atoms with E-state index in [2.05, 4.69) is 40.7 Å². The van der Waals surface area contributed by atoms with Crippen molar-refractivity contribution < 1.29 is 27.0 Å². The molecule has 6 heteroatoms. The lowest BCUT2D eigenvalue weighted by Crippen LogP contribution is -2.51. The van der Waals surface area contributed by atoms with Gasteiger partial charge in [-0.15, -0.1) is 0 Å². The molecular weight excluding hydrogens is 528 g/mol. The first-order valence-electron chi connectivity index (χ1n) is 16.2. The summed E-state index contributed by atoms with van der Waals surface area (Å²) in [5, 5.41) is 0. The third-order valence-corrected chi connectivity index (χ3v) is 12.0. The van der Waals surface area contributed by atoms with E-state index >= 15 is 0 Å². The average Bonchev–Trinajstić information content (AvgIpc) is 3.28. The zero-order valence-corrected chi connectivity index (χ0v) is 25.7. The van der Waals surface area contributed by atoms with Gasteiger partial charge >= 0.3 is 0 Å². The molecule has 4 aliphatic carbocycles. The van der Waals surface area contributed by atoms with Crippen LogP contribution < -0.4 is 4.74 Å². The van der Waals surface area contributed by atoms with Crippen LogP contribution >= 0.6 is 0 Å². The highest BCUT2D eigenvalue weighted by Crippen LogP contribution is 2.67. The highest BCUT2D eigenvalue weighted by Gasteiger charge is 2.59. The smallest absolute Gasteiger partial charge is 0.203 e. The van der Waals surface area contributed by atoms with Gasteiger partial charge in [-0.1, -0.05) is 65.5 Å². The van der Waals surface area contributed by atoms with Crippen LogP contribution in [0.5, 0.6) is 5.75 Å². The lowest BCUT2D eigenvalue weighted by atomic mass is 9.47. The van der Waals surface area contributed by atoms with Crippen LogP contribution in [0.1, 0.15) is 105 Å². The van der Waals surface area contributed by atoms with Crippen molar-refractivity contribution >= 4 is 0 Å². The number of ether oxygens (including phenoxy) is 2. The topological polar surface area (TPSA) is 18.5 Å². The van der Waals surface area contributed by atoms with Crippen molar-refractivity contribution in [2.75, 3.05) is 13.2 Å². The van der Waals surface area contributed by atoms with E-state index in [-0.39, 0.29) is 30.8 Å². The molecule has 3 fully saturated rings. The van der Waals surface area contributed by atoms with E-state index in [0.717, 1.165) is 54.8 Å². The number of allylic oxidation sites excluding steroid dienone is 1. The molecule has 0 amide bonds. The van der Waals surface area contributed by atoms with Crippen molar-refractivity contribution in [3.8, 4) is 5.75 Å². The molecule has 0 heterocycles. The normalized spacial score (nSPS) is 35.5. The Hall–Kier alpha value is -1.56. The maximum atomic E-state index is 13.9. The number of halogens is 4. The summed E-state index contributed by atoms with van der Waals surface area (Å²) in [5.41, 5.74) is 2.21. The van der Waals surface area contributed by atoms with E-state index in [1.807, 2.05) is 0 Å². The van der Waals surface area contributed by atoms with E-state index in [4.69, 9.17) is 9.47 Å². The second-order valence-electron chi connectivity index (χ2n) is 14.7. The summed E-state index contributed by atoms with van der Waals surface area (Å²) in [6.45, 7) is 12.3. The predicted octanol–water partition coefficient (Wildman–Crippen LogP) is 10.0. The van der Waals surface area contributed by atoms with Gasteiger partial charge in [-0.05, 0) is 97.7 Å². The Morgan fingerprint density at radius 1 is 0.878 bits per heavy atom. The second-order valence-corrected chi connectivity index (χ2v) is 14.7. The first-order chi connectivity index (χ1) is 19.5. The Balaban J connectivity index is 1.17. The van der Waals surface area contributed by atoms with Crippen LogP contribution in [0.3, 0.4) is 0 Å². The number of fused-ring (bicyclic) bond motifs is 5. The van der Waals surface area contributed by atoms with Gasteiger partial charge in [0.2, 0.25) is 11.6 Å². The van der Waals surface area contributed by atoms with Crippen molar-refractivity contribution in [2.45, 2.75) is 111 Å². The highest BCUT2D eigenvalue weighted by molar-refractivity contribution is 5.29. The van der Waals surface area contributed by atoms with Gasteiger partial charge in [0.25, 0.3) is 0 Å². The van der Waals surface area contributed by atoms with Gasteiger partial charge in [0.15, 0.2) is 17.4 Å². The molecule has 0 radical (unpaired) electrons. The summed E-state index contributed by atoms with van der Waals surface area (Å²) < 4.78 is 65.8. The number of rotatable bonds is 10. The summed E-state index contributed by atoms with van der Waals surface area (Å²) in [6, 6.07) is 0.183. The Labute approximate surface area is 244 Å². The summed E-state index contributed by atoms with van der Waals surface area (Å²) in [4.78, 5) is 0. The molecule has 1 unspecified atom stereocenters. The Kier molecular flexibility index (Phi) is 9.19. The summed E-state index contributed by atoms with van der Waals surface area (Å²) in [7, 11) is 0. The number of hydrogen-bond donors (Lipinski definition) is 0. The van der Waals surface area contributed by atoms with Crippen LogP contribution in [0.25, 0.3) is 0 Å². The maximum Gasteiger partial charge on any atom is 0.203 e. The quantitative estimate of drug-likeness (QED) is 0.119. The fourth-order valence-electron chi connectivity index (χ4n) is 9.83. The molecule has 0 aromatic heterocycles. The largest absolute Gasteiger partial charge is 0.485 e. The fourth-order valence-corrected chi connectivity index (χ4v) is 9.83. The van der Waals surface area contributed by atoms with Crippen LogP contribution in [0.15, 0.2) is 17.7 Å². The number of benzene rings is 1. The highest BCUT2D eigenvalue weighted by atomic mass is 19.2. The zero-order chi connectivity index (χ0) is 29.5. The average molecular weight is 579 g/mol. The minimum Gasteiger partial charge on any atom is -0.485 e. The van der Waals surface area contributed by atoms with Gasteiger partial charge < -0.3 is 9.47 Å². The van der Waals surface area contributed by atoms with Gasteiger partial charge in [0.05, 0.1) is 12.7 Å². The zero-order valence-electron chi connectivity index (χ0n) is 25.7. The minimum absolute atomic E-state index is 0.0184. The Morgan fingerprint density at radius 3 is 2.32 bits per heavy atom. The standard InChI is InChI=1S/C35H50F4O2/c1-21(2)7-6-8-22(3)26-11-12-27-25-10-9-23-19-24(13-15-34(23,4)28(25)14-16-35(26,27)5)40-17-18-41-33-31(38)29(36)20-30(37)32(33)39/h9,20-22,24-28H,6-8,10-19H2,1-5H3/t22-,24?,25+,26-,27+,28+,34+,35-/m1/s1. The molecule has 0 aliphatic heterocycles. The molecule has 3 saturated carbocycles. The third kappa shape index (κ3) is 5.85. The minimum atomic E-state index is -1.52.